The minimum atomic E-state index is -0.847. The summed E-state index contributed by atoms with van der Waals surface area (Å²) in [5.41, 5.74) is 1.83. The zero-order valence-electron chi connectivity index (χ0n) is 15.2. The van der Waals surface area contributed by atoms with Crippen molar-refractivity contribution < 1.29 is 9.50 Å². The fraction of sp³-hybridized carbons (Fsp3) is 0.150. The summed E-state index contributed by atoms with van der Waals surface area (Å²) in [6.07, 6.45) is -0.847. The average Bonchev–Trinajstić information content (AvgIpc) is 3.10. The first kappa shape index (κ1) is 19.6. The second-order valence-electron chi connectivity index (χ2n) is 6.60. The lowest BCUT2D eigenvalue weighted by Gasteiger charge is -2.21. The number of nitrogens with one attached hydrogen (secondary N) is 1. The number of halogens is 3. The number of aromatic nitrogens is 4. The Kier molecular flexibility index (Phi) is 5.36. The van der Waals surface area contributed by atoms with E-state index in [-0.39, 0.29) is 11.9 Å². The fourth-order valence-electron chi connectivity index (χ4n) is 2.99. The van der Waals surface area contributed by atoms with Crippen LogP contribution >= 0.6 is 23.2 Å². The van der Waals surface area contributed by atoms with Crippen molar-refractivity contribution in [3.63, 3.8) is 0 Å². The molecule has 0 aliphatic heterocycles. The number of nitrogens with zero attached hydrogens (tertiary/aromatic N) is 4. The number of hydrogen-bond acceptors (Lipinski definition) is 5. The van der Waals surface area contributed by atoms with Gasteiger partial charge in [-0.1, -0.05) is 35.3 Å². The molecule has 9 heteroatoms. The van der Waals surface area contributed by atoms with Gasteiger partial charge in [-0.2, -0.15) is 4.52 Å². The molecule has 0 fully saturated rings. The number of anilines is 1. The lowest BCUT2D eigenvalue weighted by molar-refractivity contribution is 0.160. The molecule has 148 valence electrons. The van der Waals surface area contributed by atoms with E-state index in [1.54, 1.807) is 47.0 Å². The molecule has 2 N–H and O–H groups in total. The smallest absolute Gasteiger partial charge is 0.185 e. The predicted molar refractivity (Wildman–Crippen MR) is 111 cm³/mol. The van der Waals surface area contributed by atoms with Crippen molar-refractivity contribution in [3.05, 3.63) is 76.0 Å². The Hall–Kier alpha value is -2.74. The van der Waals surface area contributed by atoms with E-state index in [2.05, 4.69) is 20.6 Å². The summed E-state index contributed by atoms with van der Waals surface area (Å²) in [5, 5.41) is 27.5. The first-order chi connectivity index (χ1) is 13.9. The van der Waals surface area contributed by atoms with Crippen LogP contribution in [0, 0.1) is 5.82 Å². The number of aliphatic hydroxyl groups excluding tert-OH is 1. The van der Waals surface area contributed by atoms with Crippen molar-refractivity contribution >= 4 is 34.7 Å². The van der Waals surface area contributed by atoms with Gasteiger partial charge >= 0.3 is 0 Å². The Morgan fingerprint density at radius 2 is 1.69 bits per heavy atom. The molecule has 0 saturated heterocycles. The summed E-state index contributed by atoms with van der Waals surface area (Å²) < 4.78 is 14.7. The molecule has 0 radical (unpaired) electrons. The molecule has 2 atom stereocenters. The molecule has 2 unspecified atom stereocenters. The van der Waals surface area contributed by atoms with Crippen molar-refractivity contribution in [3.8, 4) is 11.4 Å². The summed E-state index contributed by atoms with van der Waals surface area (Å²) >= 11 is 12.2. The van der Waals surface area contributed by atoms with E-state index < -0.39 is 6.10 Å². The van der Waals surface area contributed by atoms with Gasteiger partial charge < -0.3 is 10.4 Å². The lowest BCUT2D eigenvalue weighted by atomic mass is 10.0. The molecular weight excluding hydrogens is 416 g/mol. The first-order valence-electron chi connectivity index (χ1n) is 8.80. The summed E-state index contributed by atoms with van der Waals surface area (Å²) in [5.74, 6) is 0.648. The maximum absolute atomic E-state index is 13.1. The molecular formula is C20H16Cl2FN5O. The minimum Gasteiger partial charge on any atom is -0.386 e. The van der Waals surface area contributed by atoms with Crippen LogP contribution in [0.15, 0.2) is 54.6 Å². The molecule has 2 heterocycles. The van der Waals surface area contributed by atoms with E-state index in [1.807, 2.05) is 6.92 Å². The third kappa shape index (κ3) is 4.17. The fourth-order valence-corrected chi connectivity index (χ4v) is 3.52. The average molecular weight is 432 g/mol. The van der Waals surface area contributed by atoms with Crippen molar-refractivity contribution in [1.82, 2.24) is 19.8 Å². The van der Waals surface area contributed by atoms with Gasteiger partial charge in [0, 0.05) is 15.6 Å². The summed E-state index contributed by atoms with van der Waals surface area (Å²) in [7, 11) is 0. The van der Waals surface area contributed by atoms with Crippen molar-refractivity contribution in [2.45, 2.75) is 19.1 Å². The van der Waals surface area contributed by atoms with Gasteiger partial charge in [-0.3, -0.25) is 0 Å². The van der Waals surface area contributed by atoms with Gasteiger partial charge in [-0.05, 0) is 55.0 Å². The van der Waals surface area contributed by atoms with Crippen molar-refractivity contribution in [1.29, 1.82) is 0 Å². The Bertz CT molecular complexity index is 1150. The van der Waals surface area contributed by atoms with E-state index >= 15 is 0 Å². The van der Waals surface area contributed by atoms with Crippen molar-refractivity contribution in [2.24, 2.45) is 0 Å². The van der Waals surface area contributed by atoms with Crippen LogP contribution in [0.4, 0.5) is 10.2 Å². The molecule has 4 aromatic rings. The summed E-state index contributed by atoms with van der Waals surface area (Å²) in [4.78, 5) is 0. The van der Waals surface area contributed by atoms with Gasteiger partial charge in [0.25, 0.3) is 0 Å². The normalized spacial score (nSPS) is 13.4. The molecule has 2 aromatic carbocycles. The van der Waals surface area contributed by atoms with E-state index in [1.165, 1.54) is 12.1 Å². The largest absolute Gasteiger partial charge is 0.386 e. The quantitative estimate of drug-likeness (QED) is 0.475. The number of aliphatic hydroxyl groups is 1. The standard InChI is InChI=1S/C20H16Cl2FN5O/c1-11(19(29)12-2-4-16(23)5-3-12)24-17-6-7-18-25-26-20(28(18)27-17)13-8-14(21)10-15(22)9-13/h2-11,19,29H,1H3,(H,24,27). The number of hydrogen-bond donors (Lipinski definition) is 2. The Morgan fingerprint density at radius 1 is 1.00 bits per heavy atom. The highest BCUT2D eigenvalue weighted by Gasteiger charge is 2.18. The summed E-state index contributed by atoms with van der Waals surface area (Å²) in [6.45, 7) is 1.81. The molecule has 4 rings (SSSR count). The van der Waals surface area contributed by atoms with Crippen LogP contribution in [0.1, 0.15) is 18.6 Å². The van der Waals surface area contributed by atoms with Crippen LogP contribution in [-0.4, -0.2) is 31.0 Å². The molecule has 0 aliphatic rings. The second-order valence-corrected chi connectivity index (χ2v) is 7.47. The third-order valence-corrected chi connectivity index (χ3v) is 4.88. The van der Waals surface area contributed by atoms with E-state index in [9.17, 15) is 9.50 Å². The van der Waals surface area contributed by atoms with Crippen LogP contribution in [-0.2, 0) is 0 Å². The molecule has 0 amide bonds. The van der Waals surface area contributed by atoms with Gasteiger partial charge in [-0.15, -0.1) is 15.3 Å². The van der Waals surface area contributed by atoms with Crippen LogP contribution in [0.5, 0.6) is 0 Å². The molecule has 0 bridgehead atoms. The van der Waals surface area contributed by atoms with Crippen LogP contribution in [0.2, 0.25) is 10.0 Å². The molecule has 0 aliphatic carbocycles. The Labute approximate surface area is 175 Å². The maximum Gasteiger partial charge on any atom is 0.185 e. The Balaban J connectivity index is 1.62. The van der Waals surface area contributed by atoms with E-state index in [0.29, 0.717) is 38.5 Å². The van der Waals surface area contributed by atoms with Gasteiger partial charge in [-0.25, -0.2) is 4.39 Å². The van der Waals surface area contributed by atoms with Crippen LogP contribution in [0.25, 0.3) is 17.0 Å². The van der Waals surface area contributed by atoms with Gasteiger partial charge in [0.1, 0.15) is 11.6 Å². The summed E-state index contributed by atoms with van der Waals surface area (Å²) in [6, 6.07) is 13.9. The van der Waals surface area contributed by atoms with Crippen LogP contribution in [0.3, 0.4) is 0 Å². The lowest BCUT2D eigenvalue weighted by Crippen LogP contribution is -2.25. The third-order valence-electron chi connectivity index (χ3n) is 4.44. The van der Waals surface area contributed by atoms with Crippen LogP contribution < -0.4 is 5.32 Å². The minimum absolute atomic E-state index is 0.352. The topological polar surface area (TPSA) is 75.3 Å². The molecule has 29 heavy (non-hydrogen) atoms. The van der Waals surface area contributed by atoms with Crippen molar-refractivity contribution in [2.75, 3.05) is 5.32 Å². The highest BCUT2D eigenvalue weighted by molar-refractivity contribution is 6.35. The van der Waals surface area contributed by atoms with E-state index in [0.717, 1.165) is 0 Å². The SMILES string of the molecule is CC(Nc1ccc2nnc(-c3cc(Cl)cc(Cl)c3)n2n1)C(O)c1ccc(F)cc1. The highest BCUT2D eigenvalue weighted by atomic mass is 35.5. The number of benzene rings is 2. The zero-order valence-corrected chi connectivity index (χ0v) is 16.7. The Morgan fingerprint density at radius 3 is 2.38 bits per heavy atom. The monoisotopic (exact) mass is 431 g/mol. The van der Waals surface area contributed by atoms with E-state index in [4.69, 9.17) is 23.2 Å². The first-order valence-corrected chi connectivity index (χ1v) is 9.55. The molecule has 6 nitrogen and oxygen atoms in total. The second kappa shape index (κ2) is 7.94. The van der Waals surface area contributed by atoms with Gasteiger partial charge in [0.15, 0.2) is 11.5 Å². The predicted octanol–water partition coefficient (Wildman–Crippen LogP) is 4.77. The highest BCUT2D eigenvalue weighted by Crippen LogP contribution is 2.27. The maximum atomic E-state index is 13.1. The molecule has 0 spiro atoms. The zero-order chi connectivity index (χ0) is 20.5. The number of fused-ring (bicyclic) bond motifs is 1. The number of rotatable bonds is 5. The van der Waals surface area contributed by atoms with Gasteiger partial charge in [0.05, 0.1) is 12.1 Å². The molecule has 0 saturated carbocycles. The molecule has 2 aromatic heterocycles. The van der Waals surface area contributed by atoms with Gasteiger partial charge in [0.2, 0.25) is 0 Å².